The molecular weight excluding hydrogens is 352 g/mol. The van der Waals surface area contributed by atoms with Crippen LogP contribution in [0.15, 0.2) is 35.0 Å². The van der Waals surface area contributed by atoms with Gasteiger partial charge in [-0.25, -0.2) is 0 Å². The Morgan fingerprint density at radius 3 is 2.77 bits per heavy atom. The second kappa shape index (κ2) is 8.71. The average Bonchev–Trinajstić information content (AvgIpc) is 3.19. The molecule has 0 bridgehead atoms. The number of nitrogens with one attached hydrogen (secondary N) is 1. The van der Waals surface area contributed by atoms with Crippen LogP contribution in [0.4, 0.5) is 0 Å². The van der Waals surface area contributed by atoms with Gasteiger partial charge in [-0.05, 0) is 35.6 Å². The fourth-order valence-corrected chi connectivity index (χ4v) is 3.31. The monoisotopic (exact) mass is 374 g/mol. The highest BCUT2D eigenvalue weighted by Gasteiger charge is 2.14. The summed E-state index contributed by atoms with van der Waals surface area (Å²) in [6.45, 7) is 2.10. The molecule has 0 fully saturated rings. The van der Waals surface area contributed by atoms with Crippen molar-refractivity contribution in [2.24, 2.45) is 0 Å². The molecule has 0 atom stereocenters. The SMILES string of the molecule is CN(Cc1ccc2c(c1)OCCO2)C(=O)CCCNC(=O)c1ccsc1. The number of carbonyl (C=O) groups excluding carboxylic acids is 2. The maximum absolute atomic E-state index is 12.3. The number of thiophene rings is 1. The van der Waals surface area contributed by atoms with Crippen molar-refractivity contribution in [1.82, 2.24) is 10.2 Å². The lowest BCUT2D eigenvalue weighted by Crippen LogP contribution is -2.28. The van der Waals surface area contributed by atoms with Crippen LogP contribution in [0.3, 0.4) is 0 Å². The topological polar surface area (TPSA) is 67.9 Å². The Hall–Kier alpha value is -2.54. The van der Waals surface area contributed by atoms with E-state index in [1.165, 1.54) is 11.3 Å². The first-order valence-corrected chi connectivity index (χ1v) is 9.50. The largest absolute Gasteiger partial charge is 0.486 e. The van der Waals surface area contributed by atoms with Crippen molar-refractivity contribution >= 4 is 23.2 Å². The molecule has 0 radical (unpaired) electrons. The predicted octanol–water partition coefficient (Wildman–Crippen LogP) is 2.69. The maximum Gasteiger partial charge on any atom is 0.252 e. The normalized spacial score (nSPS) is 12.5. The molecule has 7 heteroatoms. The van der Waals surface area contributed by atoms with Crippen LogP contribution in [0.2, 0.25) is 0 Å². The second-order valence-electron chi connectivity index (χ2n) is 6.10. The van der Waals surface area contributed by atoms with Gasteiger partial charge in [0, 0.05) is 37.5 Å². The smallest absolute Gasteiger partial charge is 0.252 e. The summed E-state index contributed by atoms with van der Waals surface area (Å²) in [5, 5.41) is 6.50. The zero-order valence-electron chi connectivity index (χ0n) is 14.7. The first-order valence-electron chi connectivity index (χ1n) is 8.56. The van der Waals surface area contributed by atoms with Crippen LogP contribution in [-0.2, 0) is 11.3 Å². The van der Waals surface area contributed by atoms with Crippen LogP contribution >= 0.6 is 11.3 Å². The second-order valence-corrected chi connectivity index (χ2v) is 6.88. The van der Waals surface area contributed by atoms with E-state index in [0.29, 0.717) is 44.7 Å². The van der Waals surface area contributed by atoms with Gasteiger partial charge in [0.05, 0.1) is 0 Å². The summed E-state index contributed by atoms with van der Waals surface area (Å²) in [5.41, 5.74) is 1.66. The molecule has 2 aromatic rings. The van der Waals surface area contributed by atoms with E-state index in [2.05, 4.69) is 5.32 Å². The number of amides is 2. The van der Waals surface area contributed by atoms with Gasteiger partial charge in [-0.2, -0.15) is 11.3 Å². The fourth-order valence-electron chi connectivity index (χ4n) is 2.68. The highest BCUT2D eigenvalue weighted by molar-refractivity contribution is 7.08. The van der Waals surface area contributed by atoms with Gasteiger partial charge in [0.1, 0.15) is 13.2 Å². The van der Waals surface area contributed by atoms with Crippen LogP contribution in [0.5, 0.6) is 11.5 Å². The predicted molar refractivity (Wildman–Crippen MR) is 99.8 cm³/mol. The fraction of sp³-hybridized carbons (Fsp3) is 0.368. The summed E-state index contributed by atoms with van der Waals surface area (Å²) in [6, 6.07) is 7.52. The van der Waals surface area contributed by atoms with Crippen LogP contribution in [0.25, 0.3) is 0 Å². The van der Waals surface area contributed by atoms with Gasteiger partial charge in [-0.15, -0.1) is 0 Å². The molecule has 2 heterocycles. The molecule has 0 unspecified atom stereocenters. The van der Waals surface area contributed by atoms with Gasteiger partial charge in [-0.1, -0.05) is 6.07 Å². The number of hydrogen-bond acceptors (Lipinski definition) is 5. The number of nitrogens with zero attached hydrogens (tertiary/aromatic N) is 1. The van der Waals surface area contributed by atoms with Crippen molar-refractivity contribution in [3.63, 3.8) is 0 Å². The highest BCUT2D eigenvalue weighted by atomic mass is 32.1. The van der Waals surface area contributed by atoms with Crippen LogP contribution < -0.4 is 14.8 Å². The quantitative estimate of drug-likeness (QED) is 0.757. The summed E-state index contributed by atoms with van der Waals surface area (Å²) < 4.78 is 11.1. The minimum absolute atomic E-state index is 0.0460. The molecule has 1 aliphatic heterocycles. The van der Waals surface area contributed by atoms with E-state index >= 15 is 0 Å². The lowest BCUT2D eigenvalue weighted by atomic mass is 10.1. The van der Waals surface area contributed by atoms with Gasteiger partial charge in [0.2, 0.25) is 5.91 Å². The zero-order valence-corrected chi connectivity index (χ0v) is 15.5. The molecule has 3 rings (SSSR count). The minimum Gasteiger partial charge on any atom is -0.486 e. The molecule has 138 valence electrons. The van der Waals surface area contributed by atoms with Crippen LogP contribution in [0, 0.1) is 0 Å². The number of benzene rings is 1. The van der Waals surface area contributed by atoms with Gasteiger partial charge in [0.15, 0.2) is 11.5 Å². The van der Waals surface area contributed by atoms with Crippen molar-refractivity contribution in [1.29, 1.82) is 0 Å². The molecular formula is C19H22N2O4S. The number of hydrogen-bond donors (Lipinski definition) is 1. The molecule has 1 aromatic carbocycles. The number of rotatable bonds is 7. The van der Waals surface area contributed by atoms with E-state index in [-0.39, 0.29) is 11.8 Å². The first-order chi connectivity index (χ1) is 12.6. The molecule has 0 saturated carbocycles. The van der Waals surface area contributed by atoms with E-state index < -0.39 is 0 Å². The molecule has 26 heavy (non-hydrogen) atoms. The van der Waals surface area contributed by atoms with Crippen LogP contribution in [0.1, 0.15) is 28.8 Å². The summed E-state index contributed by atoms with van der Waals surface area (Å²) in [6.07, 6.45) is 1.01. The summed E-state index contributed by atoms with van der Waals surface area (Å²) >= 11 is 1.49. The Morgan fingerprint density at radius 1 is 1.19 bits per heavy atom. The van der Waals surface area contributed by atoms with Gasteiger partial charge in [0.25, 0.3) is 5.91 Å². The lowest BCUT2D eigenvalue weighted by Gasteiger charge is -2.21. The van der Waals surface area contributed by atoms with Gasteiger partial charge in [-0.3, -0.25) is 9.59 Å². The van der Waals surface area contributed by atoms with Crippen molar-refractivity contribution in [3.05, 3.63) is 46.2 Å². The Kier molecular flexibility index (Phi) is 6.12. The van der Waals surface area contributed by atoms with E-state index in [9.17, 15) is 9.59 Å². The van der Waals surface area contributed by atoms with Crippen molar-refractivity contribution in [2.75, 3.05) is 26.8 Å². The first kappa shape index (κ1) is 18.3. The van der Waals surface area contributed by atoms with E-state index in [1.807, 2.05) is 29.0 Å². The highest BCUT2D eigenvalue weighted by Crippen LogP contribution is 2.31. The third kappa shape index (κ3) is 4.76. The Labute approximate surface area is 156 Å². The van der Waals surface area contributed by atoms with E-state index in [4.69, 9.17) is 9.47 Å². The average molecular weight is 374 g/mol. The van der Waals surface area contributed by atoms with E-state index in [0.717, 1.165) is 17.1 Å². The molecule has 0 saturated heterocycles. The number of fused-ring (bicyclic) bond motifs is 1. The van der Waals surface area contributed by atoms with Gasteiger partial charge >= 0.3 is 0 Å². The summed E-state index contributed by atoms with van der Waals surface area (Å²) in [7, 11) is 1.78. The van der Waals surface area contributed by atoms with E-state index in [1.54, 1.807) is 18.0 Å². The van der Waals surface area contributed by atoms with Crippen LogP contribution in [-0.4, -0.2) is 43.5 Å². The summed E-state index contributed by atoms with van der Waals surface area (Å²) in [5.74, 6) is 1.43. The lowest BCUT2D eigenvalue weighted by molar-refractivity contribution is -0.130. The molecule has 0 spiro atoms. The van der Waals surface area contributed by atoms with Gasteiger partial charge < -0.3 is 19.7 Å². The molecule has 1 aromatic heterocycles. The molecule has 1 N–H and O–H groups in total. The third-order valence-electron chi connectivity index (χ3n) is 4.09. The Morgan fingerprint density at radius 2 is 2.00 bits per heavy atom. The molecule has 1 aliphatic rings. The minimum atomic E-state index is -0.0941. The summed E-state index contributed by atoms with van der Waals surface area (Å²) in [4.78, 5) is 25.8. The van der Waals surface area contributed by atoms with Crippen molar-refractivity contribution in [3.8, 4) is 11.5 Å². The Balaban J connectivity index is 1.41. The molecule has 6 nitrogen and oxygen atoms in total. The maximum atomic E-state index is 12.3. The molecule has 2 amide bonds. The third-order valence-corrected chi connectivity index (χ3v) is 4.77. The number of carbonyl (C=O) groups is 2. The van der Waals surface area contributed by atoms with Crippen molar-refractivity contribution < 1.29 is 19.1 Å². The Bertz CT molecular complexity index is 761. The zero-order chi connectivity index (χ0) is 18.4. The van der Waals surface area contributed by atoms with Crippen molar-refractivity contribution in [2.45, 2.75) is 19.4 Å². The number of ether oxygens (including phenoxy) is 2. The standard InChI is InChI=1S/C19H22N2O4S/c1-21(12-14-4-5-16-17(11-14)25-9-8-24-16)18(22)3-2-7-20-19(23)15-6-10-26-13-15/h4-6,10-11,13H,2-3,7-9,12H2,1H3,(H,20,23). The molecule has 0 aliphatic carbocycles.